The normalized spacial score (nSPS) is 17.8. The summed E-state index contributed by atoms with van der Waals surface area (Å²) in [6.07, 6.45) is 3.17. The highest BCUT2D eigenvalue weighted by Gasteiger charge is 2.29. The smallest absolute Gasteiger partial charge is 0.338 e. The zero-order valence-electron chi connectivity index (χ0n) is 20.1. The minimum atomic E-state index is -0.491. The fourth-order valence-corrected chi connectivity index (χ4v) is 4.64. The number of carbonyl (C=O) groups excluding carboxylic acids is 2. The number of pyridine rings is 1. The molecule has 0 N–H and O–H groups in total. The van der Waals surface area contributed by atoms with Gasteiger partial charge in [-0.05, 0) is 75.6 Å². The monoisotopic (exact) mass is 496 g/mol. The minimum absolute atomic E-state index is 0.00834. The number of ether oxygens (including phenoxy) is 3. The lowest BCUT2D eigenvalue weighted by Gasteiger charge is -2.38. The van der Waals surface area contributed by atoms with E-state index in [0.29, 0.717) is 28.1 Å². The maximum atomic E-state index is 12.6. The van der Waals surface area contributed by atoms with Crippen LogP contribution in [0.1, 0.15) is 49.0 Å². The Labute approximate surface area is 209 Å². The number of likely N-dealkylation sites (tertiary alicyclic amines) is 1. The molecule has 35 heavy (non-hydrogen) atoms. The predicted molar refractivity (Wildman–Crippen MR) is 134 cm³/mol. The van der Waals surface area contributed by atoms with Crippen molar-refractivity contribution in [2.75, 3.05) is 13.7 Å². The number of piperidine rings is 1. The number of fused-ring (bicyclic) bond motifs is 1. The van der Waals surface area contributed by atoms with Crippen molar-refractivity contribution >= 4 is 34.4 Å². The van der Waals surface area contributed by atoms with Crippen LogP contribution in [0.5, 0.6) is 11.5 Å². The van der Waals surface area contributed by atoms with Crippen molar-refractivity contribution in [2.24, 2.45) is 0 Å². The van der Waals surface area contributed by atoms with E-state index >= 15 is 0 Å². The Hall–Kier alpha value is -3.32. The lowest BCUT2D eigenvalue weighted by Crippen LogP contribution is -2.49. The second-order valence-electron chi connectivity index (χ2n) is 8.82. The van der Waals surface area contributed by atoms with E-state index < -0.39 is 5.97 Å². The molecule has 0 bridgehead atoms. The van der Waals surface area contributed by atoms with Gasteiger partial charge in [0.15, 0.2) is 6.61 Å². The van der Waals surface area contributed by atoms with Crippen molar-refractivity contribution in [1.82, 2.24) is 9.88 Å². The van der Waals surface area contributed by atoms with E-state index in [0.717, 1.165) is 24.6 Å². The third-order valence-electron chi connectivity index (χ3n) is 6.34. The molecule has 1 aliphatic rings. The van der Waals surface area contributed by atoms with Crippen LogP contribution >= 0.6 is 11.6 Å². The number of amides is 1. The van der Waals surface area contributed by atoms with Gasteiger partial charge in [-0.25, -0.2) is 9.78 Å². The van der Waals surface area contributed by atoms with E-state index in [2.05, 4.69) is 18.8 Å². The lowest BCUT2D eigenvalue weighted by molar-refractivity contribution is -0.139. The molecule has 2 aromatic carbocycles. The first-order valence-corrected chi connectivity index (χ1v) is 12.1. The minimum Gasteiger partial charge on any atom is -0.497 e. The van der Waals surface area contributed by atoms with Gasteiger partial charge in [0, 0.05) is 29.1 Å². The molecule has 8 heteroatoms. The van der Waals surface area contributed by atoms with Gasteiger partial charge in [-0.2, -0.15) is 0 Å². The van der Waals surface area contributed by atoms with Crippen molar-refractivity contribution in [1.29, 1.82) is 0 Å². The van der Waals surface area contributed by atoms with Crippen molar-refractivity contribution in [3.8, 4) is 11.5 Å². The van der Waals surface area contributed by atoms with Gasteiger partial charge in [0.1, 0.15) is 23.3 Å². The maximum absolute atomic E-state index is 12.6. The molecule has 1 aliphatic heterocycles. The molecule has 3 aromatic rings. The van der Waals surface area contributed by atoms with Gasteiger partial charge in [-0.15, -0.1) is 0 Å². The van der Waals surface area contributed by atoms with Crippen LogP contribution in [0, 0.1) is 0 Å². The summed E-state index contributed by atoms with van der Waals surface area (Å²) < 4.78 is 16.3. The van der Waals surface area contributed by atoms with Crippen LogP contribution in [0.15, 0.2) is 48.5 Å². The molecule has 2 atom stereocenters. The van der Waals surface area contributed by atoms with E-state index in [1.807, 2.05) is 23.1 Å². The van der Waals surface area contributed by atoms with Crippen LogP contribution in [-0.4, -0.2) is 47.6 Å². The quantitative estimate of drug-likeness (QED) is 0.321. The first-order valence-electron chi connectivity index (χ1n) is 11.7. The second-order valence-corrected chi connectivity index (χ2v) is 9.17. The standard InChI is InChI=1S/C27H29ClN2O5/c1-17-5-4-6-18(2)30(17)25(31)16-34-22-10-7-19(8-11-22)27(32)35-15-21-13-20-9-12-23(33-3)14-24(20)29-26(21)28/h7-14,17-18H,4-6,15-16H2,1-3H3. The molecule has 1 amide bonds. The molecule has 184 valence electrons. The summed E-state index contributed by atoms with van der Waals surface area (Å²) >= 11 is 6.29. The molecule has 1 fully saturated rings. The Kier molecular flexibility index (Phi) is 7.76. The van der Waals surface area contributed by atoms with Crippen LogP contribution < -0.4 is 9.47 Å². The molecular formula is C27H29ClN2O5. The molecule has 7 nitrogen and oxygen atoms in total. The van der Waals surface area contributed by atoms with E-state index in [4.69, 9.17) is 25.8 Å². The highest BCUT2D eigenvalue weighted by molar-refractivity contribution is 6.30. The number of methoxy groups -OCH3 is 1. The van der Waals surface area contributed by atoms with E-state index in [1.165, 1.54) is 0 Å². The maximum Gasteiger partial charge on any atom is 0.338 e. The molecule has 0 radical (unpaired) electrons. The van der Waals surface area contributed by atoms with Gasteiger partial charge in [-0.1, -0.05) is 11.6 Å². The number of hydrogen-bond acceptors (Lipinski definition) is 6. The van der Waals surface area contributed by atoms with Gasteiger partial charge in [0.05, 0.1) is 18.2 Å². The molecule has 2 unspecified atom stereocenters. The first-order chi connectivity index (χ1) is 16.9. The molecule has 4 rings (SSSR count). The molecular weight excluding hydrogens is 468 g/mol. The summed E-state index contributed by atoms with van der Waals surface area (Å²) in [5.74, 6) is 0.694. The largest absolute Gasteiger partial charge is 0.497 e. The van der Waals surface area contributed by atoms with Crippen molar-refractivity contribution in [3.63, 3.8) is 0 Å². The fraction of sp³-hybridized carbons (Fsp3) is 0.370. The summed E-state index contributed by atoms with van der Waals surface area (Å²) in [4.78, 5) is 31.4. The third kappa shape index (κ3) is 5.85. The van der Waals surface area contributed by atoms with Gasteiger partial charge in [0.25, 0.3) is 5.91 Å². The number of carbonyl (C=O) groups is 2. The van der Waals surface area contributed by atoms with Crippen molar-refractivity contribution < 1.29 is 23.8 Å². The number of rotatable bonds is 7. The number of halogens is 1. The second kappa shape index (κ2) is 11.0. The average Bonchev–Trinajstić information content (AvgIpc) is 2.86. The van der Waals surface area contributed by atoms with E-state index in [1.54, 1.807) is 37.4 Å². The van der Waals surface area contributed by atoms with Gasteiger partial charge >= 0.3 is 5.97 Å². The molecule has 2 heterocycles. The molecule has 1 saturated heterocycles. The fourth-order valence-electron chi connectivity index (χ4n) is 4.44. The third-order valence-corrected chi connectivity index (χ3v) is 6.67. The van der Waals surface area contributed by atoms with Crippen LogP contribution in [0.4, 0.5) is 0 Å². The SMILES string of the molecule is COc1ccc2cc(COC(=O)c3ccc(OCC(=O)N4C(C)CCCC4C)cc3)c(Cl)nc2c1. The Bertz CT molecular complexity index is 1200. The van der Waals surface area contributed by atoms with Crippen LogP contribution in [0.2, 0.25) is 5.15 Å². The summed E-state index contributed by atoms with van der Waals surface area (Å²) in [6, 6.07) is 14.3. The van der Waals surface area contributed by atoms with Crippen LogP contribution in [0.3, 0.4) is 0 Å². The highest BCUT2D eigenvalue weighted by Crippen LogP contribution is 2.25. The summed E-state index contributed by atoms with van der Waals surface area (Å²) in [5.41, 5.74) is 1.68. The molecule has 1 aromatic heterocycles. The van der Waals surface area contributed by atoms with Crippen LogP contribution in [0.25, 0.3) is 10.9 Å². The predicted octanol–water partition coefficient (Wildman–Crippen LogP) is 5.42. The summed E-state index contributed by atoms with van der Waals surface area (Å²) in [5, 5.41) is 1.13. The number of esters is 1. The van der Waals surface area contributed by atoms with E-state index in [9.17, 15) is 9.59 Å². The zero-order valence-corrected chi connectivity index (χ0v) is 20.9. The Morgan fingerprint density at radius 3 is 2.40 bits per heavy atom. The number of nitrogens with zero attached hydrogens (tertiary/aromatic N) is 2. The van der Waals surface area contributed by atoms with Crippen molar-refractivity contribution in [3.05, 3.63) is 64.8 Å². The Morgan fingerprint density at radius 1 is 1.03 bits per heavy atom. The summed E-state index contributed by atoms with van der Waals surface area (Å²) in [7, 11) is 1.59. The first kappa shape index (κ1) is 24.8. The van der Waals surface area contributed by atoms with Gasteiger partial charge in [-0.3, -0.25) is 4.79 Å². The van der Waals surface area contributed by atoms with Gasteiger partial charge in [0.2, 0.25) is 0 Å². The Morgan fingerprint density at radius 2 is 1.71 bits per heavy atom. The van der Waals surface area contributed by atoms with Crippen molar-refractivity contribution in [2.45, 2.75) is 51.8 Å². The summed E-state index contributed by atoms with van der Waals surface area (Å²) in [6.45, 7) is 4.11. The number of aromatic nitrogens is 1. The van der Waals surface area contributed by atoms with Gasteiger partial charge < -0.3 is 19.1 Å². The highest BCUT2D eigenvalue weighted by atomic mass is 35.5. The molecule has 0 aliphatic carbocycles. The number of benzene rings is 2. The zero-order chi connectivity index (χ0) is 24.9. The average molecular weight is 497 g/mol. The topological polar surface area (TPSA) is 78.0 Å². The van der Waals surface area contributed by atoms with E-state index in [-0.39, 0.29) is 36.4 Å². The number of hydrogen-bond donors (Lipinski definition) is 0. The van der Waals surface area contributed by atoms with Crippen LogP contribution in [-0.2, 0) is 16.1 Å². The lowest BCUT2D eigenvalue weighted by atomic mass is 9.97. The molecule has 0 spiro atoms. The Balaban J connectivity index is 1.33. The molecule has 0 saturated carbocycles.